The summed E-state index contributed by atoms with van der Waals surface area (Å²) in [4.78, 5) is 14.6. The van der Waals surface area contributed by atoms with Gasteiger partial charge in [0.15, 0.2) is 40.5 Å². The molecule has 4 aromatic heterocycles. The molecule has 0 atom stereocenters. The molecule has 10 nitrogen and oxygen atoms in total. The molecule has 11 aromatic rings. The highest BCUT2D eigenvalue weighted by molar-refractivity contribution is 7.27. The third-order valence-corrected chi connectivity index (χ3v) is 12.5. The summed E-state index contributed by atoms with van der Waals surface area (Å²) in [7, 11) is 3.29. The topological polar surface area (TPSA) is 164 Å². The van der Waals surface area contributed by atoms with Crippen LogP contribution in [0.1, 0.15) is 0 Å². The Morgan fingerprint density at radius 3 is 1.66 bits per heavy atom. The zero-order valence-electron chi connectivity index (χ0n) is 30.8. The van der Waals surface area contributed by atoms with Crippen molar-refractivity contribution < 1.29 is 30.6 Å². The van der Waals surface area contributed by atoms with Crippen molar-refractivity contribution in [1.29, 1.82) is 0 Å². The summed E-state index contributed by atoms with van der Waals surface area (Å²) in [5, 5.41) is 73.6. The van der Waals surface area contributed by atoms with Gasteiger partial charge in [-0.05, 0) is 23.2 Å². The molecule has 13 heteroatoms. The van der Waals surface area contributed by atoms with E-state index in [1.807, 2.05) is 117 Å². The van der Waals surface area contributed by atoms with Crippen molar-refractivity contribution in [2.45, 2.75) is 0 Å². The van der Waals surface area contributed by atoms with Crippen LogP contribution in [-0.2, 0) is 0 Å². The number of phenols is 6. The Labute approximate surface area is 334 Å². The maximum atomic E-state index is 12.4. The van der Waals surface area contributed by atoms with E-state index in [4.69, 9.17) is 15.0 Å². The molecule has 6 N–H and O–H groups in total. The number of nitrogens with zero attached hydrogens (tertiary/aromatic N) is 4. The quantitative estimate of drug-likeness (QED) is 0.0641. The van der Waals surface area contributed by atoms with Gasteiger partial charge in [0.2, 0.25) is 0 Å². The first-order valence-corrected chi connectivity index (χ1v) is 19.3. The molecule has 0 radical (unpaired) electrons. The number of thiophene rings is 1. The lowest BCUT2D eigenvalue weighted by Gasteiger charge is -2.16. The van der Waals surface area contributed by atoms with Crippen LogP contribution in [0.2, 0.25) is 0 Å². The van der Waals surface area contributed by atoms with Crippen LogP contribution in [0.25, 0.3) is 104 Å². The Hall–Kier alpha value is -7.50. The van der Waals surface area contributed by atoms with Crippen LogP contribution in [0, 0.1) is 0 Å². The van der Waals surface area contributed by atoms with Crippen molar-refractivity contribution in [1.82, 2.24) is 19.4 Å². The monoisotopic (exact) mass is 774 g/mol. The summed E-state index contributed by atoms with van der Waals surface area (Å²) in [5.74, 6) is -0.810. The molecule has 0 unspecified atom stereocenters. The summed E-state index contributed by atoms with van der Waals surface area (Å²) in [6.07, 6.45) is 0. The molecule has 0 spiro atoms. The summed E-state index contributed by atoms with van der Waals surface area (Å²) in [5.41, 5.74) is 4.37. The van der Waals surface area contributed by atoms with Gasteiger partial charge >= 0.3 is 0 Å². The number of hydrogen-bond acceptors (Lipinski definition) is 10. The smallest absolute Gasteiger partial charge is 0.183 e. The van der Waals surface area contributed by atoms with E-state index in [2.05, 4.69) is 0 Å². The van der Waals surface area contributed by atoms with Crippen molar-refractivity contribution in [2.75, 3.05) is 0 Å². The van der Waals surface area contributed by atoms with Crippen LogP contribution in [0.4, 0.5) is 0 Å². The van der Waals surface area contributed by atoms with Crippen LogP contribution >= 0.6 is 11.3 Å². The Bertz CT molecular complexity index is 3500. The molecule has 276 valence electrons. The van der Waals surface area contributed by atoms with Gasteiger partial charge in [-0.3, -0.25) is 0 Å². The molecule has 7 aromatic carbocycles. The molecule has 0 aliphatic rings. The zero-order valence-corrected chi connectivity index (χ0v) is 31.6. The molecule has 0 saturated carbocycles. The number of fused-ring (bicyclic) bond motifs is 10. The van der Waals surface area contributed by atoms with E-state index < -0.39 is 23.0 Å². The summed E-state index contributed by atoms with van der Waals surface area (Å²) in [6.45, 7) is 0. The minimum absolute atomic E-state index is 0.0360. The number of hydrogen-bond donors (Lipinski definition) is 6. The van der Waals surface area contributed by atoms with Crippen molar-refractivity contribution in [3.63, 3.8) is 0 Å². The second-order valence-electron chi connectivity index (χ2n) is 14.5. The van der Waals surface area contributed by atoms with Gasteiger partial charge in [0.1, 0.15) is 27.2 Å². The van der Waals surface area contributed by atoms with Crippen LogP contribution in [0.15, 0.2) is 109 Å². The lowest BCUT2D eigenvalue weighted by Crippen LogP contribution is -2.10. The average molecular weight is 774 g/mol. The highest BCUT2D eigenvalue weighted by Crippen LogP contribution is 2.57. The van der Waals surface area contributed by atoms with Crippen LogP contribution in [0.3, 0.4) is 0 Å². The molecule has 0 bridgehead atoms. The normalized spacial score (nSPS) is 12.0. The maximum absolute atomic E-state index is 12.4. The highest BCUT2D eigenvalue weighted by atomic mass is 32.1. The van der Waals surface area contributed by atoms with E-state index in [-0.39, 0.29) is 33.4 Å². The predicted octanol–water partition coefficient (Wildman–Crippen LogP) is 6.81. The first kappa shape index (κ1) is 33.8. The molecule has 0 saturated heterocycles. The first-order valence-electron chi connectivity index (χ1n) is 18.5. The molecular formula is C45H28B2N4O6S. The van der Waals surface area contributed by atoms with Crippen molar-refractivity contribution >= 4 is 96.2 Å². The van der Waals surface area contributed by atoms with E-state index in [9.17, 15) is 30.6 Å². The van der Waals surface area contributed by atoms with Crippen LogP contribution < -0.4 is 10.9 Å². The van der Waals surface area contributed by atoms with Crippen molar-refractivity contribution in [3.05, 3.63) is 109 Å². The van der Waals surface area contributed by atoms with Gasteiger partial charge in [0, 0.05) is 53.2 Å². The number of rotatable bonds is 4. The SMILES string of the molecule is Bc1c(O)c(O)c2c3c4sc5ccccc5c4c(O)c4c5c(B)c(-c6cccc(-c7nc(-c8ccccc8)nc(-c8ccccc8)n7)c6)c(O)c(O)c5n(c2c1O)c43. The predicted molar refractivity (Wildman–Crippen MR) is 235 cm³/mol. The molecule has 11 rings (SSSR count). The van der Waals surface area contributed by atoms with Gasteiger partial charge in [0.25, 0.3) is 0 Å². The first-order chi connectivity index (χ1) is 28.1. The number of aromatic nitrogens is 4. The minimum Gasteiger partial charge on any atom is -0.507 e. The van der Waals surface area contributed by atoms with Gasteiger partial charge in [-0.1, -0.05) is 103 Å². The Morgan fingerprint density at radius 1 is 0.431 bits per heavy atom. The van der Waals surface area contributed by atoms with E-state index in [1.54, 1.807) is 4.40 Å². The zero-order chi connectivity index (χ0) is 39.7. The van der Waals surface area contributed by atoms with Crippen LogP contribution in [-0.4, -0.2) is 65.7 Å². The second kappa shape index (κ2) is 12.0. The standard InChI is InChI=1S/C45H28B2N4O6S/c46-31-25(21-14-9-15-22(18-21)45-49-43(19-10-3-1-4-11-19)48-44(50-45)20-12-5-2-6-13-20)37(53)41(57)34-27(31)28-33-30(29-35(51(33)34)39(55)32(47)40(56)38(29)54)42-26(36(28)52)23-16-7-8-17-24(23)58-42/h1-18,52-57H,46-47H2. The lowest BCUT2D eigenvalue weighted by molar-refractivity contribution is 0.406. The molecule has 0 amide bonds. The highest BCUT2D eigenvalue weighted by Gasteiger charge is 2.34. The van der Waals surface area contributed by atoms with Gasteiger partial charge in [-0.15, -0.1) is 11.3 Å². The van der Waals surface area contributed by atoms with E-state index >= 15 is 0 Å². The number of phenolic OH excluding ortho intramolecular Hbond substituents is 6. The third-order valence-electron chi connectivity index (χ3n) is 11.4. The fourth-order valence-corrected chi connectivity index (χ4v) is 9.94. The minimum atomic E-state index is -0.494. The Kier molecular flexibility index (Phi) is 6.99. The van der Waals surface area contributed by atoms with Crippen LogP contribution in [0.5, 0.6) is 34.5 Å². The maximum Gasteiger partial charge on any atom is 0.183 e. The fourth-order valence-electron chi connectivity index (χ4n) is 8.68. The number of aromatic hydroxyl groups is 6. The average Bonchev–Trinajstić information content (AvgIpc) is 3.93. The Morgan fingerprint density at radius 2 is 0.983 bits per heavy atom. The third kappa shape index (κ3) is 4.41. The van der Waals surface area contributed by atoms with Gasteiger partial charge in [-0.2, -0.15) is 0 Å². The Balaban J connectivity index is 1.23. The van der Waals surface area contributed by atoms with Gasteiger partial charge < -0.3 is 35.0 Å². The number of benzene rings is 7. The second-order valence-corrected chi connectivity index (χ2v) is 15.6. The molecule has 0 fully saturated rings. The largest absolute Gasteiger partial charge is 0.507 e. The molecular weight excluding hydrogens is 746 g/mol. The van der Waals surface area contributed by atoms with Gasteiger partial charge in [-0.25, -0.2) is 15.0 Å². The molecule has 0 aliphatic carbocycles. The summed E-state index contributed by atoms with van der Waals surface area (Å²) in [6, 6.07) is 34.3. The van der Waals surface area contributed by atoms with E-state index in [0.717, 1.165) is 21.2 Å². The van der Waals surface area contributed by atoms with E-state index in [0.29, 0.717) is 71.4 Å². The molecule has 4 heterocycles. The van der Waals surface area contributed by atoms with Gasteiger partial charge in [0.05, 0.1) is 27.3 Å². The molecule has 58 heavy (non-hydrogen) atoms. The van der Waals surface area contributed by atoms with Crippen molar-refractivity contribution in [3.8, 4) is 79.8 Å². The fraction of sp³-hybridized carbons (Fsp3) is 0. The van der Waals surface area contributed by atoms with Crippen molar-refractivity contribution in [2.24, 2.45) is 0 Å². The summed E-state index contributed by atoms with van der Waals surface area (Å²) < 4.78 is 3.09. The van der Waals surface area contributed by atoms with E-state index in [1.165, 1.54) is 19.2 Å². The summed E-state index contributed by atoms with van der Waals surface area (Å²) >= 11 is 1.41. The molecule has 0 aliphatic heterocycles. The lowest BCUT2D eigenvalue weighted by atomic mass is 9.81.